The van der Waals surface area contributed by atoms with Gasteiger partial charge in [0, 0.05) is 67.6 Å². The van der Waals surface area contributed by atoms with Gasteiger partial charge in [0.15, 0.2) is 0 Å². The van der Waals surface area contributed by atoms with Gasteiger partial charge in [0.2, 0.25) is 11.6 Å². The second-order valence-corrected chi connectivity index (χ2v) is 25.5. The smallest absolute Gasteiger partial charge is 0.232 e. The van der Waals surface area contributed by atoms with E-state index in [1.807, 2.05) is 24.3 Å². The Balaban J connectivity index is 0.000000468. The number of hydrogen-bond acceptors (Lipinski definition) is 15. The van der Waals surface area contributed by atoms with Crippen molar-refractivity contribution in [1.82, 2.24) is 59.8 Å². The average Bonchev–Trinajstić information content (AvgIpc) is 3.33. The van der Waals surface area contributed by atoms with E-state index in [1.165, 1.54) is 12.7 Å². The van der Waals surface area contributed by atoms with E-state index in [2.05, 4.69) is 208 Å². The van der Waals surface area contributed by atoms with Gasteiger partial charge < -0.3 is 0 Å². The molecule has 408 valence electrons. The van der Waals surface area contributed by atoms with E-state index in [-0.39, 0.29) is 38.3 Å². The summed E-state index contributed by atoms with van der Waals surface area (Å²) in [6, 6.07) is 11.4. The molecule has 6 aromatic rings. The van der Waals surface area contributed by atoms with E-state index in [4.69, 9.17) is 35.1 Å². The van der Waals surface area contributed by atoms with Gasteiger partial charge in [-0.05, 0) is 87.9 Å². The zero-order valence-corrected chi connectivity index (χ0v) is 49.6. The van der Waals surface area contributed by atoms with Gasteiger partial charge in [-0.1, -0.05) is 136 Å². The normalized spacial score (nSPS) is 10.9. The molecule has 15 nitrogen and oxygen atoms in total. The third-order valence-corrected chi connectivity index (χ3v) is 9.36. The SMILES string of the molecule is C#Cc1cc(CC(C)(C)C)ncn1.C#Cc1cnc(CC(C)(C)C)nc1.C#Cc1ncc(CC(C)(C)C)cn1.CC(C)(C)Cc1ccnc(C#N)n1.CC(C)(C)Cc1nccc(C#N)n1.CC(C)(C)Cc1ncncc1C#N. The summed E-state index contributed by atoms with van der Waals surface area (Å²) < 4.78 is 0. The number of aromatic nitrogens is 12. The van der Waals surface area contributed by atoms with Crippen molar-refractivity contribution in [3.05, 3.63) is 143 Å². The van der Waals surface area contributed by atoms with Crippen LogP contribution in [0.15, 0.2) is 74.2 Å². The van der Waals surface area contributed by atoms with E-state index in [0.717, 1.165) is 78.4 Å². The highest BCUT2D eigenvalue weighted by molar-refractivity contribution is 5.30. The highest BCUT2D eigenvalue weighted by Gasteiger charge is 2.17. The van der Waals surface area contributed by atoms with Crippen LogP contribution in [0.1, 0.15) is 193 Å². The second kappa shape index (κ2) is 31.6. The minimum Gasteiger partial charge on any atom is -0.243 e. The number of nitrogens with zero attached hydrogens (tertiary/aromatic N) is 15. The summed E-state index contributed by atoms with van der Waals surface area (Å²) in [4.78, 5) is 48.6. The Kier molecular flexibility index (Phi) is 27.4. The molecule has 0 amide bonds. The highest BCUT2D eigenvalue weighted by atomic mass is 14.9. The van der Waals surface area contributed by atoms with Crippen molar-refractivity contribution >= 4 is 0 Å². The molecular weight excluding hydrogens is 967 g/mol. The third kappa shape index (κ3) is 33.5. The molecule has 0 N–H and O–H groups in total. The first-order valence-corrected chi connectivity index (χ1v) is 25.5. The van der Waals surface area contributed by atoms with Crippen molar-refractivity contribution in [1.29, 1.82) is 15.8 Å². The van der Waals surface area contributed by atoms with Crippen molar-refractivity contribution in [2.45, 2.75) is 163 Å². The topological polar surface area (TPSA) is 226 Å². The quantitative estimate of drug-likeness (QED) is 0.141. The predicted octanol–water partition coefficient (Wildman–Crippen LogP) is 12.0. The number of nitriles is 3. The van der Waals surface area contributed by atoms with E-state index in [1.54, 1.807) is 49.4 Å². The lowest BCUT2D eigenvalue weighted by Gasteiger charge is -2.17. The van der Waals surface area contributed by atoms with Crippen LogP contribution in [0.2, 0.25) is 0 Å². The van der Waals surface area contributed by atoms with Crippen LogP contribution in [0.3, 0.4) is 0 Å². The molecule has 78 heavy (non-hydrogen) atoms. The maximum absolute atomic E-state index is 8.79. The van der Waals surface area contributed by atoms with Gasteiger partial charge in [-0.2, -0.15) is 15.8 Å². The molecule has 0 atom stereocenters. The van der Waals surface area contributed by atoms with E-state index < -0.39 is 0 Å². The van der Waals surface area contributed by atoms with Crippen molar-refractivity contribution in [3.63, 3.8) is 0 Å². The first-order chi connectivity index (χ1) is 36.1. The molecule has 0 unspecified atom stereocenters. The van der Waals surface area contributed by atoms with Crippen molar-refractivity contribution in [2.24, 2.45) is 32.5 Å². The van der Waals surface area contributed by atoms with Crippen LogP contribution in [-0.2, 0) is 38.5 Å². The molecule has 6 rings (SSSR count). The lowest BCUT2D eigenvalue weighted by atomic mass is 9.89. The molecule has 0 bridgehead atoms. The lowest BCUT2D eigenvalue weighted by Crippen LogP contribution is -2.12. The van der Waals surface area contributed by atoms with Crippen LogP contribution in [0.5, 0.6) is 0 Å². The summed E-state index contributed by atoms with van der Waals surface area (Å²) in [7, 11) is 0. The third-order valence-electron chi connectivity index (χ3n) is 9.36. The summed E-state index contributed by atoms with van der Waals surface area (Å²) in [6.45, 7) is 38.7. The molecular formula is C63H81N15. The zero-order valence-electron chi connectivity index (χ0n) is 49.6. The molecule has 0 fully saturated rings. The van der Waals surface area contributed by atoms with Crippen molar-refractivity contribution in [2.75, 3.05) is 0 Å². The van der Waals surface area contributed by atoms with Gasteiger partial charge in [-0.3, -0.25) is 0 Å². The fraction of sp³-hybridized carbons (Fsp3) is 0.476. The van der Waals surface area contributed by atoms with Gasteiger partial charge in [0.1, 0.15) is 53.9 Å². The molecule has 0 spiro atoms. The van der Waals surface area contributed by atoms with Gasteiger partial charge in [0.05, 0.1) is 16.8 Å². The molecule has 0 saturated heterocycles. The maximum Gasteiger partial charge on any atom is 0.232 e. The molecule has 0 aliphatic heterocycles. The molecule has 6 aromatic heterocycles. The van der Waals surface area contributed by atoms with Gasteiger partial charge in [-0.25, -0.2) is 59.8 Å². The van der Waals surface area contributed by atoms with Crippen LogP contribution in [-0.4, -0.2) is 59.8 Å². The Labute approximate surface area is 467 Å². The number of hydrogen-bond donors (Lipinski definition) is 0. The summed E-state index contributed by atoms with van der Waals surface area (Å²) in [5.74, 6) is 9.69. The monoisotopic (exact) mass is 1050 g/mol. The maximum atomic E-state index is 8.79. The number of rotatable bonds is 6. The van der Waals surface area contributed by atoms with Crippen molar-refractivity contribution < 1.29 is 0 Å². The molecule has 6 heterocycles. The van der Waals surface area contributed by atoms with Crippen LogP contribution in [0.4, 0.5) is 0 Å². The largest absolute Gasteiger partial charge is 0.243 e. The predicted molar refractivity (Wildman–Crippen MR) is 309 cm³/mol. The average molecular weight is 1050 g/mol. The molecule has 0 saturated carbocycles. The van der Waals surface area contributed by atoms with Crippen LogP contribution in [0.25, 0.3) is 0 Å². The number of terminal acetylenes is 3. The van der Waals surface area contributed by atoms with Crippen LogP contribution < -0.4 is 0 Å². The van der Waals surface area contributed by atoms with Crippen LogP contribution in [0, 0.1) is 104 Å². The highest BCUT2D eigenvalue weighted by Crippen LogP contribution is 2.23. The summed E-state index contributed by atoms with van der Waals surface area (Å²) in [6.07, 6.45) is 35.6. The molecule has 0 aliphatic rings. The Hall–Kier alpha value is -8.37. The fourth-order valence-corrected chi connectivity index (χ4v) is 6.45. The van der Waals surface area contributed by atoms with Crippen LogP contribution >= 0.6 is 0 Å². The lowest BCUT2D eigenvalue weighted by molar-refractivity contribution is 0.400. The molecule has 0 radical (unpaired) electrons. The standard InChI is InChI=1S/3C11H14N2.3C10H13N3/c1-5-10-12-7-9(8-13-10)6-11(2,3)4;1-5-9-7-12-10(13-8-9)6-11(2,3)4;1-5-9-6-10(13-8-12-9)7-11(2,3)4;1-10(2,3)4-9-8(5-11)6-12-7-13-9;1-10(2,3)6-9-12-5-4-8(7-11)13-9;1-10(2,3)6-8-4-5-12-9(7-11)13-8/h2*1,7-8H,6H2,2-4H3;1,6,8H,7H2,2-4H3;6-7H,4H2,1-3H3;2*4-5H,6H2,1-3H3. The van der Waals surface area contributed by atoms with Gasteiger partial charge in [-0.15, -0.1) is 19.3 Å². The van der Waals surface area contributed by atoms with Gasteiger partial charge in [0.25, 0.3) is 0 Å². The van der Waals surface area contributed by atoms with E-state index >= 15 is 0 Å². The van der Waals surface area contributed by atoms with E-state index in [9.17, 15) is 0 Å². The first kappa shape index (κ1) is 67.6. The second-order valence-electron chi connectivity index (χ2n) is 25.5. The fourth-order valence-electron chi connectivity index (χ4n) is 6.45. The molecule has 0 aromatic carbocycles. The first-order valence-electron chi connectivity index (χ1n) is 25.5. The Morgan fingerprint density at radius 3 is 1.44 bits per heavy atom. The Bertz CT molecular complexity index is 2790. The van der Waals surface area contributed by atoms with Gasteiger partial charge >= 0.3 is 0 Å². The Morgan fingerprint density at radius 1 is 0.410 bits per heavy atom. The summed E-state index contributed by atoms with van der Waals surface area (Å²) >= 11 is 0. The Morgan fingerprint density at radius 2 is 0.949 bits per heavy atom. The zero-order chi connectivity index (χ0) is 59.4. The minimum absolute atomic E-state index is 0.153. The summed E-state index contributed by atoms with van der Waals surface area (Å²) in [5, 5.41) is 26.0. The minimum atomic E-state index is 0.153. The molecule has 15 heteroatoms. The summed E-state index contributed by atoms with van der Waals surface area (Å²) in [5.41, 5.74) is 7.55. The molecule has 0 aliphatic carbocycles. The van der Waals surface area contributed by atoms with E-state index in [0.29, 0.717) is 22.8 Å². The van der Waals surface area contributed by atoms with Crippen molar-refractivity contribution in [3.8, 4) is 55.2 Å².